The molecule has 6 heteroatoms. The van der Waals surface area contributed by atoms with Crippen molar-refractivity contribution in [1.29, 1.82) is 5.26 Å². The van der Waals surface area contributed by atoms with Crippen LogP contribution in [0.3, 0.4) is 0 Å². The fraction of sp³-hybridized carbons (Fsp3) is 0.400. The molecule has 1 heterocycles. The number of hydrogen-bond acceptors (Lipinski definition) is 5. The van der Waals surface area contributed by atoms with Gasteiger partial charge < -0.3 is 10.2 Å². The van der Waals surface area contributed by atoms with Crippen LogP contribution in [0.4, 0.5) is 5.69 Å². The molecule has 0 saturated carbocycles. The number of amides is 2. The van der Waals surface area contributed by atoms with Gasteiger partial charge >= 0.3 is 0 Å². The molecule has 6 nitrogen and oxygen atoms in total. The highest BCUT2D eigenvalue weighted by Crippen LogP contribution is 2.26. The van der Waals surface area contributed by atoms with Crippen molar-refractivity contribution in [3.05, 3.63) is 29.3 Å². The van der Waals surface area contributed by atoms with Crippen molar-refractivity contribution in [2.75, 3.05) is 18.5 Å². The SMILES string of the molecule is CCC1C(=O)NC(=O)CN1c1ccc(CNC)cc1C#N. The van der Waals surface area contributed by atoms with E-state index < -0.39 is 6.04 Å². The number of nitrogens with zero attached hydrogens (tertiary/aromatic N) is 2. The molecule has 1 aromatic carbocycles. The Morgan fingerprint density at radius 1 is 1.48 bits per heavy atom. The smallest absolute Gasteiger partial charge is 0.249 e. The molecule has 1 fully saturated rings. The summed E-state index contributed by atoms with van der Waals surface area (Å²) in [5, 5.41) is 14.7. The Balaban J connectivity index is 2.41. The van der Waals surface area contributed by atoms with Gasteiger partial charge in [-0.2, -0.15) is 5.26 Å². The van der Waals surface area contributed by atoms with Crippen molar-refractivity contribution in [2.24, 2.45) is 0 Å². The lowest BCUT2D eigenvalue weighted by atomic mass is 10.0. The molecule has 2 amide bonds. The average Bonchev–Trinajstić information content (AvgIpc) is 2.46. The van der Waals surface area contributed by atoms with Gasteiger partial charge in [0.15, 0.2) is 0 Å². The van der Waals surface area contributed by atoms with Crippen molar-refractivity contribution < 1.29 is 9.59 Å². The third kappa shape index (κ3) is 3.03. The van der Waals surface area contributed by atoms with E-state index in [1.54, 1.807) is 17.0 Å². The second-order valence-electron chi connectivity index (χ2n) is 4.96. The first-order chi connectivity index (χ1) is 10.1. The van der Waals surface area contributed by atoms with Crippen molar-refractivity contribution in [1.82, 2.24) is 10.6 Å². The number of carbonyl (C=O) groups excluding carboxylic acids is 2. The molecule has 0 spiro atoms. The van der Waals surface area contributed by atoms with Crippen LogP contribution in [0, 0.1) is 11.3 Å². The maximum atomic E-state index is 11.9. The van der Waals surface area contributed by atoms with Gasteiger partial charge in [0, 0.05) is 6.54 Å². The molecule has 0 bridgehead atoms. The van der Waals surface area contributed by atoms with Crippen LogP contribution >= 0.6 is 0 Å². The van der Waals surface area contributed by atoms with Crippen LogP contribution < -0.4 is 15.5 Å². The second-order valence-corrected chi connectivity index (χ2v) is 4.96. The molecule has 1 atom stereocenters. The zero-order valence-corrected chi connectivity index (χ0v) is 12.1. The van der Waals surface area contributed by atoms with Crippen LogP contribution in [0.5, 0.6) is 0 Å². The third-order valence-electron chi connectivity index (χ3n) is 3.51. The number of imide groups is 1. The van der Waals surface area contributed by atoms with E-state index >= 15 is 0 Å². The van der Waals surface area contributed by atoms with E-state index in [1.807, 2.05) is 20.0 Å². The van der Waals surface area contributed by atoms with Gasteiger partial charge in [0.1, 0.15) is 12.1 Å². The Labute approximate surface area is 123 Å². The Bertz CT molecular complexity index is 606. The first-order valence-electron chi connectivity index (χ1n) is 6.88. The van der Waals surface area contributed by atoms with Gasteiger partial charge in [0.2, 0.25) is 11.8 Å². The number of nitrogens with one attached hydrogen (secondary N) is 2. The van der Waals surface area contributed by atoms with Crippen LogP contribution in [0.2, 0.25) is 0 Å². The number of nitriles is 1. The van der Waals surface area contributed by atoms with Crippen LogP contribution in [0.25, 0.3) is 0 Å². The lowest BCUT2D eigenvalue weighted by molar-refractivity contribution is -0.132. The maximum Gasteiger partial charge on any atom is 0.249 e. The highest BCUT2D eigenvalue weighted by Gasteiger charge is 2.33. The monoisotopic (exact) mass is 286 g/mol. The van der Waals surface area contributed by atoms with Gasteiger partial charge in [-0.1, -0.05) is 13.0 Å². The summed E-state index contributed by atoms with van der Waals surface area (Å²) in [6, 6.07) is 7.22. The number of anilines is 1. The quantitative estimate of drug-likeness (QED) is 0.788. The molecule has 0 radical (unpaired) electrons. The number of carbonyl (C=O) groups is 2. The molecular weight excluding hydrogens is 268 g/mol. The Morgan fingerprint density at radius 2 is 2.24 bits per heavy atom. The van der Waals surface area contributed by atoms with Gasteiger partial charge in [-0.3, -0.25) is 14.9 Å². The minimum absolute atomic E-state index is 0.0876. The van der Waals surface area contributed by atoms with E-state index in [0.717, 1.165) is 5.56 Å². The van der Waals surface area contributed by atoms with E-state index in [9.17, 15) is 14.9 Å². The summed E-state index contributed by atoms with van der Waals surface area (Å²) >= 11 is 0. The summed E-state index contributed by atoms with van der Waals surface area (Å²) in [5.41, 5.74) is 2.09. The fourth-order valence-electron chi connectivity index (χ4n) is 2.56. The number of piperazine rings is 1. The lowest BCUT2D eigenvalue weighted by Gasteiger charge is -2.35. The summed E-state index contributed by atoms with van der Waals surface area (Å²) in [6.45, 7) is 2.63. The van der Waals surface area contributed by atoms with Gasteiger partial charge in [0.25, 0.3) is 0 Å². The molecule has 1 aromatic rings. The van der Waals surface area contributed by atoms with Gasteiger partial charge in [-0.15, -0.1) is 0 Å². The van der Waals surface area contributed by atoms with Gasteiger partial charge in [-0.25, -0.2) is 0 Å². The van der Waals surface area contributed by atoms with Gasteiger partial charge in [0.05, 0.1) is 17.8 Å². The van der Waals surface area contributed by atoms with Crippen molar-refractivity contribution in [2.45, 2.75) is 25.9 Å². The van der Waals surface area contributed by atoms with E-state index in [0.29, 0.717) is 24.2 Å². The predicted molar refractivity (Wildman–Crippen MR) is 78.5 cm³/mol. The van der Waals surface area contributed by atoms with E-state index in [2.05, 4.69) is 16.7 Å². The number of rotatable bonds is 4. The van der Waals surface area contributed by atoms with Crippen molar-refractivity contribution in [3.8, 4) is 6.07 Å². The Morgan fingerprint density at radius 3 is 2.86 bits per heavy atom. The first-order valence-corrected chi connectivity index (χ1v) is 6.88. The van der Waals surface area contributed by atoms with Crippen molar-refractivity contribution in [3.63, 3.8) is 0 Å². The van der Waals surface area contributed by atoms with Crippen LogP contribution in [0.15, 0.2) is 18.2 Å². The molecule has 110 valence electrons. The molecular formula is C15H18N4O2. The van der Waals surface area contributed by atoms with E-state index in [-0.39, 0.29) is 18.4 Å². The molecule has 2 N–H and O–H groups in total. The molecule has 1 aliphatic heterocycles. The zero-order chi connectivity index (χ0) is 15.4. The second kappa shape index (κ2) is 6.37. The van der Waals surface area contributed by atoms with Crippen LogP contribution in [-0.4, -0.2) is 31.4 Å². The maximum absolute atomic E-state index is 11.9. The fourth-order valence-corrected chi connectivity index (χ4v) is 2.56. The predicted octanol–water partition coefficient (Wildman–Crippen LogP) is 0.519. The highest BCUT2D eigenvalue weighted by atomic mass is 16.2. The summed E-state index contributed by atoms with van der Waals surface area (Å²) in [6.07, 6.45) is 0.572. The number of benzene rings is 1. The molecule has 0 aromatic heterocycles. The van der Waals surface area contributed by atoms with Crippen LogP contribution in [0.1, 0.15) is 24.5 Å². The molecule has 1 aliphatic rings. The summed E-state index contributed by atoms with van der Waals surface area (Å²) in [4.78, 5) is 25.3. The zero-order valence-electron chi connectivity index (χ0n) is 12.1. The summed E-state index contributed by atoms with van der Waals surface area (Å²) in [5.74, 6) is -0.648. The molecule has 1 saturated heterocycles. The molecule has 1 unspecified atom stereocenters. The lowest BCUT2D eigenvalue weighted by Crippen LogP contribution is -2.58. The molecule has 2 rings (SSSR count). The largest absolute Gasteiger partial charge is 0.349 e. The molecule has 0 aliphatic carbocycles. The minimum atomic E-state index is -0.426. The van der Waals surface area contributed by atoms with Crippen LogP contribution in [-0.2, 0) is 16.1 Å². The Hall–Kier alpha value is -2.39. The normalized spacial score (nSPS) is 18.3. The summed E-state index contributed by atoms with van der Waals surface area (Å²) < 4.78 is 0. The summed E-state index contributed by atoms with van der Waals surface area (Å²) in [7, 11) is 1.83. The topological polar surface area (TPSA) is 85.2 Å². The first kappa shape index (κ1) is 15.0. The minimum Gasteiger partial charge on any atom is -0.349 e. The highest BCUT2D eigenvalue weighted by molar-refractivity contribution is 6.04. The number of hydrogen-bond donors (Lipinski definition) is 2. The third-order valence-corrected chi connectivity index (χ3v) is 3.51. The molecule has 21 heavy (non-hydrogen) atoms. The van der Waals surface area contributed by atoms with Crippen molar-refractivity contribution >= 4 is 17.5 Å². The standard InChI is InChI=1S/C15H18N4O2/c1-3-12-15(21)18-14(20)9-19(12)13-5-4-10(8-17-2)6-11(13)7-16/h4-6,12,17H,3,8-9H2,1-2H3,(H,18,20,21). The van der Waals surface area contributed by atoms with Gasteiger partial charge in [-0.05, 0) is 31.2 Å². The van der Waals surface area contributed by atoms with E-state index in [4.69, 9.17) is 0 Å². The average molecular weight is 286 g/mol. The Kier molecular flexibility index (Phi) is 4.55. The van der Waals surface area contributed by atoms with E-state index in [1.165, 1.54) is 0 Å².